The number of rotatable bonds is 3. The first-order valence-electron chi connectivity index (χ1n) is 7.27. The third-order valence-electron chi connectivity index (χ3n) is 3.64. The number of hydrogen-bond donors (Lipinski definition) is 0. The lowest BCUT2D eigenvalue weighted by atomic mass is 9.94. The summed E-state index contributed by atoms with van der Waals surface area (Å²) < 4.78 is 11.4. The van der Waals surface area contributed by atoms with Crippen LogP contribution in [0.25, 0.3) is 11.1 Å². The van der Waals surface area contributed by atoms with E-state index in [0.717, 1.165) is 25.2 Å². The molecule has 0 bridgehead atoms. The standard InChI is InChI=1S/C17H19BO2/c18-15-8-4-13(5-9-15)14-6-10-16(11-7-14)20-17-3-1-2-12-19-17/h4-11,17H,1-3,12,18H2. The molecular formula is C17H19BO2. The van der Waals surface area contributed by atoms with Crippen molar-refractivity contribution in [1.29, 1.82) is 0 Å². The maximum atomic E-state index is 5.84. The Morgan fingerprint density at radius 3 is 2.15 bits per heavy atom. The topological polar surface area (TPSA) is 18.5 Å². The Hall–Kier alpha value is -1.74. The van der Waals surface area contributed by atoms with Gasteiger partial charge in [0, 0.05) is 6.42 Å². The maximum Gasteiger partial charge on any atom is 0.199 e. The molecule has 1 aliphatic rings. The molecule has 1 aliphatic heterocycles. The monoisotopic (exact) mass is 266 g/mol. The van der Waals surface area contributed by atoms with E-state index in [1.54, 1.807) is 0 Å². The Balaban J connectivity index is 1.69. The van der Waals surface area contributed by atoms with Gasteiger partial charge >= 0.3 is 0 Å². The third-order valence-corrected chi connectivity index (χ3v) is 3.64. The summed E-state index contributed by atoms with van der Waals surface area (Å²) in [5, 5.41) is 0. The highest BCUT2D eigenvalue weighted by molar-refractivity contribution is 6.32. The zero-order chi connectivity index (χ0) is 13.8. The van der Waals surface area contributed by atoms with Crippen molar-refractivity contribution in [2.45, 2.75) is 25.6 Å². The molecule has 20 heavy (non-hydrogen) atoms. The minimum Gasteiger partial charge on any atom is -0.465 e. The van der Waals surface area contributed by atoms with Crippen molar-refractivity contribution < 1.29 is 9.47 Å². The summed E-state index contributed by atoms with van der Waals surface area (Å²) >= 11 is 0. The lowest BCUT2D eigenvalue weighted by molar-refractivity contribution is -0.105. The van der Waals surface area contributed by atoms with Crippen LogP contribution in [0.5, 0.6) is 5.75 Å². The average Bonchev–Trinajstić information content (AvgIpc) is 2.50. The fourth-order valence-corrected chi connectivity index (χ4v) is 2.43. The zero-order valence-electron chi connectivity index (χ0n) is 11.8. The molecule has 102 valence electrons. The van der Waals surface area contributed by atoms with Crippen molar-refractivity contribution in [3.05, 3.63) is 48.5 Å². The molecule has 2 nitrogen and oxygen atoms in total. The zero-order valence-corrected chi connectivity index (χ0v) is 11.8. The average molecular weight is 266 g/mol. The molecule has 0 aromatic heterocycles. The molecular weight excluding hydrogens is 247 g/mol. The molecule has 0 spiro atoms. The van der Waals surface area contributed by atoms with Gasteiger partial charge in [0.05, 0.1) is 6.61 Å². The Bertz CT molecular complexity index is 542. The SMILES string of the molecule is Bc1ccc(-c2ccc(OC3CCCCO3)cc2)cc1. The summed E-state index contributed by atoms with van der Waals surface area (Å²) in [5.74, 6) is 0.882. The summed E-state index contributed by atoms with van der Waals surface area (Å²) in [5.41, 5.74) is 3.72. The fraction of sp³-hybridized carbons (Fsp3) is 0.294. The van der Waals surface area contributed by atoms with Gasteiger partial charge in [0.25, 0.3) is 0 Å². The lowest BCUT2D eigenvalue weighted by Crippen LogP contribution is -2.24. The van der Waals surface area contributed by atoms with E-state index < -0.39 is 0 Å². The maximum absolute atomic E-state index is 5.84. The quantitative estimate of drug-likeness (QED) is 0.795. The van der Waals surface area contributed by atoms with E-state index in [-0.39, 0.29) is 6.29 Å². The molecule has 2 aromatic rings. The van der Waals surface area contributed by atoms with Crippen LogP contribution in [-0.4, -0.2) is 20.7 Å². The van der Waals surface area contributed by atoms with E-state index in [9.17, 15) is 0 Å². The van der Waals surface area contributed by atoms with Gasteiger partial charge in [0.15, 0.2) is 6.29 Å². The van der Waals surface area contributed by atoms with Crippen LogP contribution >= 0.6 is 0 Å². The Labute approximate surface area is 121 Å². The molecule has 0 aliphatic carbocycles. The molecule has 3 heteroatoms. The number of ether oxygens (including phenoxy) is 2. The molecule has 0 saturated carbocycles. The second-order valence-corrected chi connectivity index (χ2v) is 5.30. The minimum absolute atomic E-state index is 0.0750. The molecule has 0 radical (unpaired) electrons. The van der Waals surface area contributed by atoms with Crippen molar-refractivity contribution in [2.75, 3.05) is 6.61 Å². The van der Waals surface area contributed by atoms with Crippen LogP contribution in [-0.2, 0) is 4.74 Å². The molecule has 1 atom stereocenters. The summed E-state index contributed by atoms with van der Waals surface area (Å²) in [6.45, 7) is 0.812. The molecule has 1 unspecified atom stereocenters. The van der Waals surface area contributed by atoms with Gasteiger partial charge in [-0.2, -0.15) is 0 Å². The smallest absolute Gasteiger partial charge is 0.199 e. The highest BCUT2D eigenvalue weighted by Gasteiger charge is 2.14. The molecule has 1 heterocycles. The first kappa shape index (κ1) is 13.3. The molecule has 1 saturated heterocycles. The fourth-order valence-electron chi connectivity index (χ4n) is 2.43. The van der Waals surface area contributed by atoms with Crippen molar-refractivity contribution in [3.63, 3.8) is 0 Å². The molecule has 3 rings (SSSR count). The van der Waals surface area contributed by atoms with Gasteiger partial charge in [0.1, 0.15) is 13.6 Å². The predicted octanol–water partition coefficient (Wildman–Crippen LogP) is 2.52. The minimum atomic E-state index is -0.0750. The van der Waals surface area contributed by atoms with E-state index >= 15 is 0 Å². The largest absolute Gasteiger partial charge is 0.465 e. The summed E-state index contributed by atoms with van der Waals surface area (Å²) in [6, 6.07) is 16.8. The highest BCUT2D eigenvalue weighted by atomic mass is 16.7. The van der Waals surface area contributed by atoms with Crippen LogP contribution in [0.15, 0.2) is 48.5 Å². The van der Waals surface area contributed by atoms with Crippen molar-refractivity contribution in [1.82, 2.24) is 0 Å². The Kier molecular flexibility index (Phi) is 4.07. The molecule has 0 N–H and O–H groups in total. The lowest BCUT2D eigenvalue weighted by Gasteiger charge is -2.23. The van der Waals surface area contributed by atoms with E-state index in [0.29, 0.717) is 0 Å². The second-order valence-electron chi connectivity index (χ2n) is 5.30. The Morgan fingerprint density at radius 1 is 0.900 bits per heavy atom. The first-order valence-corrected chi connectivity index (χ1v) is 7.27. The summed E-state index contributed by atoms with van der Waals surface area (Å²) in [6.07, 6.45) is 3.24. The van der Waals surface area contributed by atoms with E-state index in [2.05, 4.69) is 44.2 Å². The van der Waals surface area contributed by atoms with E-state index in [4.69, 9.17) is 9.47 Å². The van der Waals surface area contributed by atoms with Gasteiger partial charge in [-0.1, -0.05) is 41.9 Å². The van der Waals surface area contributed by atoms with Gasteiger partial charge in [-0.05, 0) is 36.1 Å². The van der Waals surface area contributed by atoms with Crippen LogP contribution in [0.4, 0.5) is 0 Å². The van der Waals surface area contributed by atoms with Gasteiger partial charge in [-0.15, -0.1) is 0 Å². The van der Waals surface area contributed by atoms with Gasteiger partial charge < -0.3 is 9.47 Å². The Morgan fingerprint density at radius 2 is 1.55 bits per heavy atom. The van der Waals surface area contributed by atoms with Crippen LogP contribution in [0.3, 0.4) is 0 Å². The van der Waals surface area contributed by atoms with Crippen molar-refractivity contribution >= 4 is 13.3 Å². The summed E-state index contributed by atoms with van der Waals surface area (Å²) in [7, 11) is 2.10. The van der Waals surface area contributed by atoms with Crippen molar-refractivity contribution in [3.8, 4) is 16.9 Å². The van der Waals surface area contributed by atoms with Crippen LogP contribution < -0.4 is 10.2 Å². The second kappa shape index (κ2) is 6.14. The van der Waals surface area contributed by atoms with Crippen molar-refractivity contribution in [2.24, 2.45) is 0 Å². The molecule has 0 amide bonds. The normalized spacial score (nSPS) is 18.7. The van der Waals surface area contributed by atoms with E-state index in [1.807, 2.05) is 12.1 Å². The van der Waals surface area contributed by atoms with Crippen LogP contribution in [0.1, 0.15) is 19.3 Å². The highest BCUT2D eigenvalue weighted by Crippen LogP contribution is 2.24. The van der Waals surface area contributed by atoms with Crippen LogP contribution in [0, 0.1) is 0 Å². The molecule has 1 fully saturated rings. The third kappa shape index (κ3) is 3.23. The summed E-state index contributed by atoms with van der Waals surface area (Å²) in [4.78, 5) is 0. The predicted molar refractivity (Wildman–Crippen MR) is 84.3 cm³/mol. The van der Waals surface area contributed by atoms with E-state index in [1.165, 1.54) is 23.0 Å². The van der Waals surface area contributed by atoms with Crippen LogP contribution in [0.2, 0.25) is 0 Å². The first-order chi connectivity index (χ1) is 9.81. The number of benzene rings is 2. The van der Waals surface area contributed by atoms with Gasteiger partial charge in [-0.25, -0.2) is 0 Å². The van der Waals surface area contributed by atoms with Gasteiger partial charge in [0.2, 0.25) is 0 Å². The number of hydrogen-bond acceptors (Lipinski definition) is 2. The molecule has 2 aromatic carbocycles. The van der Waals surface area contributed by atoms with Gasteiger partial charge in [-0.3, -0.25) is 0 Å².